The van der Waals surface area contributed by atoms with Gasteiger partial charge < -0.3 is 5.32 Å². The fourth-order valence-corrected chi connectivity index (χ4v) is 4.55. The summed E-state index contributed by atoms with van der Waals surface area (Å²) < 4.78 is 53.7. The van der Waals surface area contributed by atoms with Gasteiger partial charge in [-0.2, -0.15) is 4.31 Å². The van der Waals surface area contributed by atoms with Gasteiger partial charge in [0.2, 0.25) is 15.9 Å². The van der Waals surface area contributed by atoms with Gasteiger partial charge in [-0.25, -0.2) is 17.2 Å². The average molecular weight is 474 g/mol. The highest BCUT2D eigenvalue weighted by Crippen LogP contribution is 2.20. The first-order valence-corrected chi connectivity index (χ1v) is 10.7. The van der Waals surface area contributed by atoms with Crippen molar-refractivity contribution in [2.45, 2.75) is 4.90 Å². The molecule has 2 aromatic carbocycles. The molecule has 1 aliphatic rings. The van der Waals surface area contributed by atoms with Crippen LogP contribution >= 0.6 is 15.9 Å². The highest BCUT2D eigenvalue weighted by Gasteiger charge is 2.29. The Morgan fingerprint density at radius 3 is 2.25 bits per heavy atom. The van der Waals surface area contributed by atoms with E-state index in [1.807, 2.05) is 4.90 Å². The van der Waals surface area contributed by atoms with Gasteiger partial charge >= 0.3 is 0 Å². The second-order valence-corrected chi connectivity index (χ2v) is 9.16. The van der Waals surface area contributed by atoms with Crippen LogP contribution in [-0.4, -0.2) is 56.3 Å². The van der Waals surface area contributed by atoms with Crippen molar-refractivity contribution in [1.29, 1.82) is 0 Å². The summed E-state index contributed by atoms with van der Waals surface area (Å²) in [6, 6.07) is 9.56. The lowest BCUT2D eigenvalue weighted by Gasteiger charge is -2.33. The second kappa shape index (κ2) is 8.64. The number of carbonyl (C=O) groups is 1. The van der Waals surface area contributed by atoms with Crippen molar-refractivity contribution in [1.82, 2.24) is 9.21 Å². The average Bonchev–Trinajstić information content (AvgIpc) is 2.65. The molecule has 1 heterocycles. The molecule has 0 unspecified atom stereocenters. The lowest BCUT2D eigenvalue weighted by Crippen LogP contribution is -2.50. The molecule has 1 amide bonds. The largest absolute Gasteiger partial charge is 0.325 e. The Bertz CT molecular complexity index is 963. The first-order chi connectivity index (χ1) is 13.3. The summed E-state index contributed by atoms with van der Waals surface area (Å²) in [6.45, 7) is 1.33. The Hall–Kier alpha value is -1.88. The van der Waals surface area contributed by atoms with Crippen LogP contribution < -0.4 is 5.32 Å². The predicted octanol–water partition coefficient (Wildman–Crippen LogP) is 2.67. The highest BCUT2D eigenvalue weighted by atomic mass is 79.9. The summed E-state index contributed by atoms with van der Waals surface area (Å²) in [5, 5.41) is 2.51. The van der Waals surface area contributed by atoms with Crippen LogP contribution in [0.15, 0.2) is 51.8 Å². The molecular formula is C18H18BrF2N3O3S. The van der Waals surface area contributed by atoms with Crippen LogP contribution in [0.25, 0.3) is 0 Å². The number of sulfonamides is 1. The van der Waals surface area contributed by atoms with Gasteiger partial charge in [0.25, 0.3) is 0 Å². The van der Waals surface area contributed by atoms with Crippen molar-refractivity contribution >= 4 is 37.5 Å². The molecule has 0 bridgehead atoms. The maximum atomic E-state index is 13.2. The molecule has 0 atom stereocenters. The van der Waals surface area contributed by atoms with Gasteiger partial charge in [0.05, 0.1) is 11.4 Å². The van der Waals surface area contributed by atoms with E-state index in [0.717, 1.165) is 16.6 Å². The molecule has 1 fully saturated rings. The third kappa shape index (κ3) is 4.93. The minimum Gasteiger partial charge on any atom is -0.325 e. The second-order valence-electron chi connectivity index (χ2n) is 6.31. The lowest BCUT2D eigenvalue weighted by molar-refractivity contribution is -0.117. The van der Waals surface area contributed by atoms with E-state index >= 15 is 0 Å². The molecule has 0 aromatic heterocycles. The Morgan fingerprint density at radius 1 is 1.00 bits per heavy atom. The van der Waals surface area contributed by atoms with Crippen LogP contribution in [0.5, 0.6) is 0 Å². The Morgan fingerprint density at radius 2 is 1.64 bits per heavy atom. The molecule has 1 aliphatic heterocycles. The molecule has 1 N–H and O–H groups in total. The molecule has 0 spiro atoms. The summed E-state index contributed by atoms with van der Waals surface area (Å²) in [7, 11) is -3.58. The van der Waals surface area contributed by atoms with E-state index in [1.54, 1.807) is 24.3 Å². The van der Waals surface area contributed by atoms with Crippen LogP contribution in [0.2, 0.25) is 0 Å². The number of nitrogens with one attached hydrogen (secondary N) is 1. The van der Waals surface area contributed by atoms with Crippen LogP contribution in [0.4, 0.5) is 14.5 Å². The van der Waals surface area contributed by atoms with Crippen molar-refractivity contribution in [3.8, 4) is 0 Å². The number of rotatable bonds is 5. The maximum Gasteiger partial charge on any atom is 0.243 e. The summed E-state index contributed by atoms with van der Waals surface area (Å²) in [6.07, 6.45) is 0. The fourth-order valence-electron chi connectivity index (χ4n) is 2.86. The van der Waals surface area contributed by atoms with Crippen molar-refractivity contribution in [2.24, 2.45) is 0 Å². The van der Waals surface area contributed by atoms with Gasteiger partial charge in [-0.1, -0.05) is 15.9 Å². The number of nitrogens with zero attached hydrogens (tertiary/aromatic N) is 2. The molecule has 10 heteroatoms. The van der Waals surface area contributed by atoms with Crippen molar-refractivity contribution in [3.05, 3.63) is 58.6 Å². The van der Waals surface area contributed by atoms with Gasteiger partial charge in [-0.3, -0.25) is 9.69 Å². The number of hydrogen-bond acceptors (Lipinski definition) is 4. The number of carbonyl (C=O) groups excluding carboxylic acids is 1. The molecule has 150 valence electrons. The molecule has 2 aromatic rings. The maximum absolute atomic E-state index is 13.2. The zero-order chi connectivity index (χ0) is 20.3. The minimum atomic E-state index is -3.58. The first-order valence-electron chi connectivity index (χ1n) is 8.49. The van der Waals surface area contributed by atoms with Gasteiger partial charge in [0, 0.05) is 42.4 Å². The third-order valence-electron chi connectivity index (χ3n) is 4.35. The summed E-state index contributed by atoms with van der Waals surface area (Å²) in [5.74, 6) is -2.40. The van der Waals surface area contributed by atoms with Crippen LogP contribution in [0, 0.1) is 11.6 Å². The Kier molecular flexibility index (Phi) is 6.43. The van der Waals surface area contributed by atoms with Gasteiger partial charge in [0.15, 0.2) is 11.6 Å². The van der Waals surface area contributed by atoms with Gasteiger partial charge in [-0.15, -0.1) is 0 Å². The lowest BCUT2D eigenvalue weighted by atomic mass is 10.3. The smallest absolute Gasteiger partial charge is 0.243 e. The van der Waals surface area contributed by atoms with E-state index in [4.69, 9.17) is 0 Å². The fraction of sp³-hybridized carbons (Fsp3) is 0.278. The number of hydrogen-bond donors (Lipinski definition) is 1. The van der Waals surface area contributed by atoms with Crippen LogP contribution in [0.1, 0.15) is 0 Å². The van der Waals surface area contributed by atoms with E-state index in [-0.39, 0.29) is 36.1 Å². The zero-order valence-corrected chi connectivity index (χ0v) is 17.1. The summed E-state index contributed by atoms with van der Waals surface area (Å²) >= 11 is 3.28. The number of anilines is 1. The van der Waals surface area contributed by atoms with E-state index in [2.05, 4.69) is 21.2 Å². The minimum absolute atomic E-state index is 0.0329. The number of benzene rings is 2. The van der Waals surface area contributed by atoms with Crippen LogP contribution in [-0.2, 0) is 14.8 Å². The monoisotopic (exact) mass is 473 g/mol. The quantitative estimate of drug-likeness (QED) is 0.724. The number of amides is 1. The van der Waals surface area contributed by atoms with Gasteiger partial charge in [-0.05, 0) is 36.4 Å². The molecule has 0 radical (unpaired) electrons. The van der Waals surface area contributed by atoms with E-state index in [0.29, 0.717) is 13.1 Å². The Labute approximate surface area is 170 Å². The number of piperazine rings is 1. The first kappa shape index (κ1) is 20.8. The summed E-state index contributed by atoms with van der Waals surface area (Å²) in [4.78, 5) is 14.1. The molecule has 6 nitrogen and oxygen atoms in total. The van der Waals surface area contributed by atoms with Gasteiger partial charge in [0.1, 0.15) is 0 Å². The van der Waals surface area contributed by atoms with E-state index in [1.165, 1.54) is 10.4 Å². The van der Waals surface area contributed by atoms with E-state index in [9.17, 15) is 22.0 Å². The van der Waals surface area contributed by atoms with Crippen molar-refractivity contribution < 1.29 is 22.0 Å². The zero-order valence-electron chi connectivity index (χ0n) is 14.7. The topological polar surface area (TPSA) is 69.7 Å². The predicted molar refractivity (Wildman–Crippen MR) is 104 cm³/mol. The van der Waals surface area contributed by atoms with Crippen molar-refractivity contribution in [2.75, 3.05) is 38.0 Å². The standard InChI is InChI=1S/C18H18BrF2N3O3S/c19-13-1-4-15(5-2-13)28(26,27)24-9-7-23(8-10-24)12-18(25)22-14-3-6-16(20)17(21)11-14/h1-6,11H,7-10,12H2,(H,22,25). The van der Waals surface area contributed by atoms with E-state index < -0.39 is 21.7 Å². The number of halogens is 3. The molecule has 3 rings (SSSR count). The Balaban J connectivity index is 1.54. The van der Waals surface area contributed by atoms with Crippen molar-refractivity contribution in [3.63, 3.8) is 0 Å². The summed E-state index contributed by atoms with van der Waals surface area (Å²) in [5.41, 5.74) is 0.167. The molecule has 28 heavy (non-hydrogen) atoms. The van der Waals surface area contributed by atoms with Crippen LogP contribution in [0.3, 0.4) is 0 Å². The SMILES string of the molecule is O=C(CN1CCN(S(=O)(=O)c2ccc(Br)cc2)CC1)Nc1ccc(F)c(F)c1. The molecular weight excluding hydrogens is 456 g/mol. The molecule has 1 saturated heterocycles. The third-order valence-corrected chi connectivity index (χ3v) is 6.79. The molecule has 0 aliphatic carbocycles. The molecule has 0 saturated carbocycles. The highest BCUT2D eigenvalue weighted by molar-refractivity contribution is 9.10. The normalized spacial score (nSPS) is 16.1.